The van der Waals surface area contributed by atoms with Crippen LogP contribution in [-0.2, 0) is 6.61 Å². The highest BCUT2D eigenvalue weighted by atomic mass is 19.1. The first-order valence-electron chi connectivity index (χ1n) is 11.6. The van der Waals surface area contributed by atoms with E-state index in [1.807, 2.05) is 39.1 Å². The molecule has 1 amide bonds. The first-order chi connectivity index (χ1) is 16.4. The number of amides is 1. The Morgan fingerprint density at radius 2 is 2.03 bits per heavy atom. The molecular formula is C26H31FN4O3. The molecule has 2 unspecified atom stereocenters. The van der Waals surface area contributed by atoms with Crippen LogP contribution in [0.15, 0.2) is 53.1 Å². The second-order valence-electron chi connectivity index (χ2n) is 8.82. The smallest absolute Gasteiger partial charge is 0.253 e. The number of ether oxygens (including phenoxy) is 1. The van der Waals surface area contributed by atoms with Crippen LogP contribution in [0.1, 0.15) is 58.2 Å². The van der Waals surface area contributed by atoms with Gasteiger partial charge < -0.3 is 14.2 Å². The van der Waals surface area contributed by atoms with E-state index in [-0.39, 0.29) is 23.8 Å². The van der Waals surface area contributed by atoms with Crippen molar-refractivity contribution in [2.24, 2.45) is 0 Å². The van der Waals surface area contributed by atoms with Crippen LogP contribution < -0.4 is 15.6 Å². The maximum atomic E-state index is 13.5. The number of nitrogens with zero attached hydrogens (tertiary/aromatic N) is 2. The minimum atomic E-state index is -0.221. The molecule has 3 aromatic rings. The van der Waals surface area contributed by atoms with Crippen molar-refractivity contribution in [2.45, 2.75) is 51.8 Å². The van der Waals surface area contributed by atoms with Gasteiger partial charge in [0.05, 0.1) is 11.3 Å². The van der Waals surface area contributed by atoms with E-state index in [4.69, 9.17) is 9.26 Å². The molecule has 180 valence electrons. The molecule has 1 saturated heterocycles. The summed E-state index contributed by atoms with van der Waals surface area (Å²) >= 11 is 0. The van der Waals surface area contributed by atoms with Gasteiger partial charge in [-0.05, 0) is 69.0 Å². The molecule has 7 nitrogen and oxygen atoms in total. The van der Waals surface area contributed by atoms with E-state index in [9.17, 15) is 9.18 Å². The normalized spacial score (nSPS) is 17.6. The SMILES string of the molecule is Cc1noc(C)c1COc1cccc(C(=O)N(C)CCCC2CC(c3cccc(F)c3)NN2)c1. The molecule has 2 aromatic carbocycles. The van der Waals surface area contributed by atoms with Crippen LogP contribution in [0.25, 0.3) is 0 Å². The van der Waals surface area contributed by atoms with E-state index in [1.54, 1.807) is 29.2 Å². The third-order valence-electron chi connectivity index (χ3n) is 6.27. The van der Waals surface area contributed by atoms with Crippen molar-refractivity contribution in [2.75, 3.05) is 13.6 Å². The lowest BCUT2D eigenvalue weighted by Gasteiger charge is -2.19. The average molecular weight is 467 g/mol. The van der Waals surface area contributed by atoms with E-state index < -0.39 is 0 Å². The molecule has 2 atom stereocenters. The van der Waals surface area contributed by atoms with Gasteiger partial charge in [0, 0.05) is 31.2 Å². The number of carbonyl (C=O) groups is 1. The number of aryl methyl sites for hydroxylation is 2. The Kier molecular flexibility index (Phi) is 7.59. The summed E-state index contributed by atoms with van der Waals surface area (Å²) in [7, 11) is 1.82. The number of carbonyl (C=O) groups excluding carboxylic acids is 1. The first-order valence-corrected chi connectivity index (χ1v) is 11.6. The first kappa shape index (κ1) is 23.9. The van der Waals surface area contributed by atoms with Crippen molar-refractivity contribution in [3.8, 4) is 5.75 Å². The van der Waals surface area contributed by atoms with Gasteiger partial charge >= 0.3 is 0 Å². The summed E-state index contributed by atoms with van der Waals surface area (Å²) in [5, 5.41) is 3.94. The molecule has 1 aromatic heterocycles. The number of aromatic nitrogens is 1. The fourth-order valence-electron chi connectivity index (χ4n) is 4.23. The van der Waals surface area contributed by atoms with Crippen molar-refractivity contribution < 1.29 is 18.4 Å². The highest BCUT2D eigenvalue weighted by Crippen LogP contribution is 2.25. The van der Waals surface area contributed by atoms with E-state index in [2.05, 4.69) is 16.0 Å². The van der Waals surface area contributed by atoms with Crippen molar-refractivity contribution in [3.63, 3.8) is 0 Å². The van der Waals surface area contributed by atoms with Gasteiger partial charge in [0.25, 0.3) is 5.91 Å². The van der Waals surface area contributed by atoms with Crippen molar-refractivity contribution >= 4 is 5.91 Å². The lowest BCUT2D eigenvalue weighted by molar-refractivity contribution is 0.0791. The van der Waals surface area contributed by atoms with Crippen LogP contribution >= 0.6 is 0 Å². The largest absolute Gasteiger partial charge is 0.489 e. The van der Waals surface area contributed by atoms with Crippen molar-refractivity contribution in [3.05, 3.63) is 82.5 Å². The van der Waals surface area contributed by atoms with Crippen molar-refractivity contribution in [1.82, 2.24) is 20.9 Å². The summed E-state index contributed by atoms with van der Waals surface area (Å²) in [6.45, 7) is 4.72. The monoisotopic (exact) mass is 466 g/mol. The molecular weight excluding hydrogens is 435 g/mol. The number of nitrogens with one attached hydrogen (secondary N) is 2. The average Bonchev–Trinajstić information content (AvgIpc) is 3.43. The van der Waals surface area contributed by atoms with Gasteiger partial charge in [-0.1, -0.05) is 23.4 Å². The number of hydrogen-bond acceptors (Lipinski definition) is 6. The summed E-state index contributed by atoms with van der Waals surface area (Å²) in [6.07, 6.45) is 2.66. The Morgan fingerprint density at radius 3 is 2.79 bits per heavy atom. The molecule has 2 N–H and O–H groups in total. The molecule has 1 aliphatic heterocycles. The Bertz CT molecular complexity index is 1110. The summed E-state index contributed by atoms with van der Waals surface area (Å²) in [5.74, 6) is 1.10. The van der Waals surface area contributed by atoms with Gasteiger partial charge in [-0.15, -0.1) is 0 Å². The van der Waals surface area contributed by atoms with Gasteiger partial charge in [0.1, 0.15) is 23.9 Å². The number of hydrazine groups is 1. The van der Waals surface area contributed by atoms with Crippen LogP contribution in [0.3, 0.4) is 0 Å². The molecule has 1 fully saturated rings. The number of hydrogen-bond donors (Lipinski definition) is 2. The lowest BCUT2D eigenvalue weighted by atomic mass is 9.99. The van der Waals surface area contributed by atoms with Crippen LogP contribution in [0.5, 0.6) is 5.75 Å². The zero-order valence-corrected chi connectivity index (χ0v) is 19.8. The van der Waals surface area contributed by atoms with E-state index >= 15 is 0 Å². The zero-order valence-electron chi connectivity index (χ0n) is 19.8. The number of rotatable bonds is 9. The molecule has 2 heterocycles. The Labute approximate surface area is 199 Å². The van der Waals surface area contributed by atoms with Crippen LogP contribution in [0.4, 0.5) is 4.39 Å². The summed E-state index contributed by atoms with van der Waals surface area (Å²) in [5.41, 5.74) is 9.80. The minimum Gasteiger partial charge on any atom is -0.489 e. The molecule has 0 aliphatic carbocycles. The van der Waals surface area contributed by atoms with Gasteiger partial charge in [-0.3, -0.25) is 15.6 Å². The van der Waals surface area contributed by atoms with E-state index in [0.29, 0.717) is 24.5 Å². The number of benzene rings is 2. The van der Waals surface area contributed by atoms with Crippen LogP contribution in [-0.4, -0.2) is 35.6 Å². The Balaban J connectivity index is 1.24. The highest BCUT2D eigenvalue weighted by Gasteiger charge is 2.25. The summed E-state index contributed by atoms with van der Waals surface area (Å²) in [6, 6.07) is 14.3. The van der Waals surface area contributed by atoms with Gasteiger partial charge in [0.2, 0.25) is 0 Å². The summed E-state index contributed by atoms with van der Waals surface area (Å²) in [4.78, 5) is 14.7. The van der Waals surface area contributed by atoms with Crippen molar-refractivity contribution in [1.29, 1.82) is 0 Å². The molecule has 4 rings (SSSR count). The molecule has 0 radical (unpaired) electrons. The minimum absolute atomic E-state index is 0.0436. The van der Waals surface area contributed by atoms with Gasteiger partial charge in [-0.2, -0.15) is 0 Å². The van der Waals surface area contributed by atoms with E-state index in [0.717, 1.165) is 41.8 Å². The van der Waals surface area contributed by atoms with Gasteiger partial charge in [0.15, 0.2) is 0 Å². The Hall–Kier alpha value is -3.23. The lowest BCUT2D eigenvalue weighted by Crippen LogP contribution is -2.32. The maximum absolute atomic E-state index is 13.5. The Morgan fingerprint density at radius 1 is 1.21 bits per heavy atom. The molecule has 0 spiro atoms. The second-order valence-corrected chi connectivity index (χ2v) is 8.82. The molecule has 1 aliphatic rings. The molecule has 0 bridgehead atoms. The molecule has 34 heavy (non-hydrogen) atoms. The summed E-state index contributed by atoms with van der Waals surface area (Å²) < 4.78 is 24.5. The third kappa shape index (κ3) is 5.81. The standard InChI is InChI=1S/C26H31FN4O3/c1-17-24(18(2)34-30-17)16-33-23-11-5-8-20(14-23)26(32)31(3)12-6-10-22-15-25(29-28-22)19-7-4-9-21(27)13-19/h4-5,7-9,11,13-14,22,25,28-29H,6,10,12,15-16H2,1-3H3. The quantitative estimate of drug-likeness (QED) is 0.484. The predicted octanol–water partition coefficient (Wildman–Crippen LogP) is 4.47. The van der Waals surface area contributed by atoms with Crippen LogP contribution in [0, 0.1) is 19.7 Å². The fourth-order valence-corrected chi connectivity index (χ4v) is 4.23. The highest BCUT2D eigenvalue weighted by molar-refractivity contribution is 5.94. The van der Waals surface area contributed by atoms with Crippen LogP contribution in [0.2, 0.25) is 0 Å². The maximum Gasteiger partial charge on any atom is 0.253 e. The predicted molar refractivity (Wildman–Crippen MR) is 127 cm³/mol. The molecule has 0 saturated carbocycles. The second kappa shape index (κ2) is 10.8. The fraction of sp³-hybridized carbons (Fsp3) is 0.385. The topological polar surface area (TPSA) is 79.6 Å². The van der Waals surface area contributed by atoms with E-state index in [1.165, 1.54) is 6.07 Å². The number of halogens is 1. The third-order valence-corrected chi connectivity index (χ3v) is 6.27. The van der Waals surface area contributed by atoms with Gasteiger partial charge in [-0.25, -0.2) is 4.39 Å². The zero-order chi connectivity index (χ0) is 24.1. The molecule has 8 heteroatoms.